The summed E-state index contributed by atoms with van der Waals surface area (Å²) in [6.07, 6.45) is 17.0. The van der Waals surface area contributed by atoms with Crippen LogP contribution < -0.4 is 0 Å². The first-order chi connectivity index (χ1) is 4.50. The predicted molar refractivity (Wildman–Crippen MR) is 39.9 cm³/mol. The lowest BCUT2D eigenvalue weighted by atomic mass is 10.3. The third-order valence-electron chi connectivity index (χ3n) is 1.24. The second-order valence-corrected chi connectivity index (χ2v) is 2.05. The Morgan fingerprint density at radius 1 is 1.00 bits per heavy atom. The zero-order chi connectivity index (χ0) is 6.36. The number of hydrogen-bond acceptors (Lipinski definition) is 0. The molecule has 0 unspecified atom stereocenters. The average Bonchev–Trinajstić information content (AvgIpc) is 2.00. The summed E-state index contributed by atoms with van der Waals surface area (Å²) in [7, 11) is 0. The Kier molecular flexibility index (Phi) is 2.91. The van der Waals surface area contributed by atoms with Gasteiger partial charge in [-0.05, 0) is 25.3 Å². The van der Waals surface area contributed by atoms with Crippen molar-refractivity contribution >= 4 is 0 Å². The van der Waals surface area contributed by atoms with Gasteiger partial charge in [-0.2, -0.15) is 0 Å². The van der Waals surface area contributed by atoms with Crippen molar-refractivity contribution in [1.29, 1.82) is 0 Å². The van der Waals surface area contributed by atoms with Gasteiger partial charge in [0.1, 0.15) is 0 Å². The Morgan fingerprint density at radius 3 is 2.89 bits per heavy atom. The Bertz CT molecular complexity index is 138. The van der Waals surface area contributed by atoms with E-state index >= 15 is 0 Å². The monoisotopic (exact) mass is 119 g/mol. The molecule has 0 saturated carbocycles. The molecule has 9 heavy (non-hydrogen) atoms. The van der Waals surface area contributed by atoms with Crippen molar-refractivity contribution in [2.24, 2.45) is 0 Å². The van der Waals surface area contributed by atoms with Crippen LogP contribution in [0.3, 0.4) is 0 Å². The first-order valence-electron chi connectivity index (χ1n) is 3.37. The summed E-state index contributed by atoms with van der Waals surface area (Å²) in [5, 5.41) is 0. The normalized spacial score (nSPS) is 18.7. The van der Waals surface area contributed by atoms with Gasteiger partial charge in [0, 0.05) is 0 Å². The van der Waals surface area contributed by atoms with Gasteiger partial charge in [0.05, 0.1) is 0 Å². The topological polar surface area (TPSA) is 0 Å². The number of hydrogen-bond donors (Lipinski definition) is 0. The Labute approximate surface area is 56.6 Å². The van der Waals surface area contributed by atoms with Crippen LogP contribution in [-0.4, -0.2) is 0 Å². The molecule has 1 aliphatic carbocycles. The van der Waals surface area contributed by atoms with Crippen LogP contribution in [-0.2, 0) is 0 Å². The zero-order valence-corrected chi connectivity index (χ0v) is 5.51. The van der Waals surface area contributed by atoms with Gasteiger partial charge in [0.15, 0.2) is 0 Å². The maximum Gasteiger partial charge on any atom is -0.00948 e. The fourth-order valence-corrected chi connectivity index (χ4v) is 0.754. The van der Waals surface area contributed by atoms with Crippen LogP contribution in [0.4, 0.5) is 0 Å². The Morgan fingerprint density at radius 2 is 1.89 bits per heavy atom. The molecule has 0 atom stereocenters. The highest BCUT2D eigenvalue weighted by Crippen LogP contribution is 1.97. The minimum atomic E-state index is 0.963. The molecule has 47 valence electrons. The van der Waals surface area contributed by atoms with Crippen molar-refractivity contribution in [2.75, 3.05) is 0 Å². The second-order valence-electron chi connectivity index (χ2n) is 2.05. The zero-order valence-electron chi connectivity index (χ0n) is 5.51. The molecule has 1 radical (unpaired) electrons. The van der Waals surface area contributed by atoms with Crippen LogP contribution in [0.15, 0.2) is 30.4 Å². The van der Waals surface area contributed by atoms with Crippen LogP contribution in [0.2, 0.25) is 0 Å². The highest BCUT2D eigenvalue weighted by Gasteiger charge is 1.78. The second kappa shape index (κ2) is 4.13. The smallest absolute Gasteiger partial charge is 0.00948 e. The highest BCUT2D eigenvalue weighted by molar-refractivity contribution is 5.05. The molecule has 0 N–H and O–H groups in total. The molecule has 0 heteroatoms. The molecular formula is C9H11. The van der Waals surface area contributed by atoms with E-state index in [1.54, 1.807) is 0 Å². The van der Waals surface area contributed by atoms with Gasteiger partial charge in [0.25, 0.3) is 0 Å². The van der Waals surface area contributed by atoms with Gasteiger partial charge < -0.3 is 0 Å². The molecular weight excluding hydrogens is 108 g/mol. The fraction of sp³-hybridized carbons (Fsp3) is 0.333. The largest absolute Gasteiger partial charge is 0.0842 e. The van der Waals surface area contributed by atoms with Crippen LogP contribution >= 0.6 is 0 Å². The summed E-state index contributed by atoms with van der Waals surface area (Å²) in [6.45, 7) is 0. The lowest BCUT2D eigenvalue weighted by Gasteiger charge is -1.80. The Balaban J connectivity index is 2.43. The van der Waals surface area contributed by atoms with E-state index in [2.05, 4.69) is 36.5 Å². The summed E-state index contributed by atoms with van der Waals surface area (Å²) in [5.74, 6) is 0. The van der Waals surface area contributed by atoms with Crippen molar-refractivity contribution in [2.45, 2.75) is 19.3 Å². The van der Waals surface area contributed by atoms with Crippen LogP contribution in [0, 0.1) is 6.08 Å². The van der Waals surface area contributed by atoms with Gasteiger partial charge in [-0.25, -0.2) is 0 Å². The van der Waals surface area contributed by atoms with E-state index in [1.807, 2.05) is 0 Å². The average molecular weight is 119 g/mol. The first-order valence-corrected chi connectivity index (χ1v) is 3.37. The van der Waals surface area contributed by atoms with E-state index in [4.69, 9.17) is 0 Å². The van der Waals surface area contributed by atoms with Crippen molar-refractivity contribution in [3.63, 3.8) is 0 Å². The van der Waals surface area contributed by atoms with Gasteiger partial charge in [0.2, 0.25) is 0 Å². The van der Waals surface area contributed by atoms with E-state index in [0.717, 1.165) is 19.3 Å². The molecule has 0 bridgehead atoms. The molecule has 0 aromatic rings. The highest BCUT2D eigenvalue weighted by atomic mass is 13.8. The van der Waals surface area contributed by atoms with Crippen molar-refractivity contribution in [3.05, 3.63) is 36.5 Å². The van der Waals surface area contributed by atoms with Crippen molar-refractivity contribution in [1.82, 2.24) is 0 Å². The van der Waals surface area contributed by atoms with E-state index in [9.17, 15) is 0 Å². The van der Waals surface area contributed by atoms with E-state index < -0.39 is 0 Å². The third-order valence-corrected chi connectivity index (χ3v) is 1.24. The van der Waals surface area contributed by atoms with Crippen LogP contribution in [0.1, 0.15) is 19.3 Å². The molecule has 0 nitrogen and oxygen atoms in total. The summed E-state index contributed by atoms with van der Waals surface area (Å²) in [5.41, 5.74) is 0. The first kappa shape index (κ1) is 6.34. The van der Waals surface area contributed by atoms with Gasteiger partial charge in [-0.3, -0.25) is 0 Å². The summed E-state index contributed by atoms with van der Waals surface area (Å²) in [6, 6.07) is 0. The molecule has 0 aromatic carbocycles. The number of allylic oxidation sites excluding steroid dienone is 6. The minimum absolute atomic E-state index is 0.963. The lowest BCUT2D eigenvalue weighted by Crippen LogP contribution is -1.61. The third kappa shape index (κ3) is 2.91. The number of rotatable bonds is 0. The van der Waals surface area contributed by atoms with E-state index in [1.165, 1.54) is 0 Å². The molecule has 0 spiro atoms. The molecule has 0 saturated heterocycles. The SMILES string of the molecule is [C]1=CCCC=CC=CC1. The predicted octanol–water partition coefficient (Wildman–Crippen LogP) is 2.64. The molecule has 0 amide bonds. The van der Waals surface area contributed by atoms with Crippen LogP contribution in [0.5, 0.6) is 0 Å². The quantitative estimate of drug-likeness (QED) is 0.460. The molecule has 1 aliphatic rings. The summed E-state index contributed by atoms with van der Waals surface area (Å²) in [4.78, 5) is 0. The van der Waals surface area contributed by atoms with Gasteiger partial charge in [-0.1, -0.05) is 30.4 Å². The molecule has 0 heterocycles. The Hall–Kier alpha value is -0.780. The molecule has 0 aliphatic heterocycles. The molecule has 0 aromatic heterocycles. The van der Waals surface area contributed by atoms with Crippen molar-refractivity contribution < 1.29 is 0 Å². The van der Waals surface area contributed by atoms with E-state index in [-0.39, 0.29) is 0 Å². The summed E-state index contributed by atoms with van der Waals surface area (Å²) < 4.78 is 0. The van der Waals surface area contributed by atoms with Gasteiger partial charge in [-0.15, -0.1) is 0 Å². The van der Waals surface area contributed by atoms with E-state index in [0.29, 0.717) is 0 Å². The van der Waals surface area contributed by atoms with Crippen molar-refractivity contribution in [3.8, 4) is 0 Å². The lowest BCUT2D eigenvalue weighted by molar-refractivity contribution is 1.04. The minimum Gasteiger partial charge on any atom is -0.0842 e. The molecule has 0 fully saturated rings. The maximum atomic E-state index is 3.18. The van der Waals surface area contributed by atoms with Crippen LogP contribution in [0.25, 0.3) is 0 Å². The van der Waals surface area contributed by atoms with Gasteiger partial charge >= 0.3 is 0 Å². The maximum absolute atomic E-state index is 3.18. The molecule has 1 rings (SSSR count). The fourth-order valence-electron chi connectivity index (χ4n) is 0.754. The standard InChI is InChI=1S/C9H11/c1-2-4-6-8-9-7-5-3-1/h1-4,9H,5-7H2. The summed E-state index contributed by atoms with van der Waals surface area (Å²) >= 11 is 0.